The van der Waals surface area contributed by atoms with Crippen molar-refractivity contribution < 1.29 is 74.4 Å². The van der Waals surface area contributed by atoms with E-state index in [0.717, 1.165) is 10.5 Å². The summed E-state index contributed by atoms with van der Waals surface area (Å²) in [5.74, 6) is -3.35. The average Bonchev–Trinajstić information content (AvgIpc) is 1.67. The summed E-state index contributed by atoms with van der Waals surface area (Å²) >= 11 is 1.36. The number of nitrogen functional groups attached to an aromatic ring is 1. The number of halogens is 2. The molecule has 3 fully saturated rings. The third-order valence-electron chi connectivity index (χ3n) is 17.7. The van der Waals surface area contributed by atoms with Crippen LogP contribution in [0.15, 0.2) is 67.0 Å². The Morgan fingerprint density at radius 1 is 0.768 bits per heavy atom. The summed E-state index contributed by atoms with van der Waals surface area (Å²) in [6.07, 6.45) is 6.48. The Bertz CT molecular complexity index is 4130. The van der Waals surface area contributed by atoms with Crippen LogP contribution in [0.25, 0.3) is 54.8 Å². The van der Waals surface area contributed by atoms with Gasteiger partial charge in [-0.15, -0.1) is 11.3 Å². The van der Waals surface area contributed by atoms with Crippen molar-refractivity contribution in [2.45, 2.75) is 76.7 Å². The topological polar surface area (TPSA) is 338 Å². The summed E-state index contributed by atoms with van der Waals surface area (Å²) in [6.45, 7) is 6.45. The Kier molecular flexibility index (Phi) is 25.0. The molecular weight excluding hydrogens is 1330 g/mol. The lowest BCUT2D eigenvalue weighted by molar-refractivity contribution is -0.152. The quantitative estimate of drug-likeness (QED) is 0.0282. The fourth-order valence-electron chi connectivity index (χ4n) is 12.5. The number of carbonyl (C=O) groups excluding carboxylic acids is 6. The molecule has 1 saturated carbocycles. The average molecular weight is 1410 g/mol. The molecule has 2 aliphatic heterocycles. The minimum absolute atomic E-state index is 0.0155. The van der Waals surface area contributed by atoms with Crippen molar-refractivity contribution in [1.29, 1.82) is 0 Å². The van der Waals surface area contributed by atoms with E-state index in [9.17, 15) is 37.2 Å². The summed E-state index contributed by atoms with van der Waals surface area (Å²) in [5, 5.41) is 16.6. The Labute approximate surface area is 575 Å². The van der Waals surface area contributed by atoms with Crippen LogP contribution >= 0.6 is 11.3 Å². The maximum absolute atomic E-state index is 16.1. The fourth-order valence-corrected chi connectivity index (χ4v) is 14.9. The number of thiazole rings is 1. The molecule has 532 valence electrons. The number of hydrogen-bond acceptors (Lipinski definition) is 21. The number of nitrogens with two attached hydrogens (primary N) is 1. The number of aryl methyl sites for hydroxylation is 1. The number of likely N-dealkylation sites (N-methyl/N-ethyl adjacent to an activating group) is 1. The molecule has 10 rings (SSSR count). The fraction of sp³-hybridized carbons (Fsp3) is 0.507. The molecule has 5 amide bonds. The number of ether oxygens (including phenoxy) is 6. The van der Waals surface area contributed by atoms with Crippen molar-refractivity contribution in [1.82, 2.24) is 59.8 Å². The third kappa shape index (κ3) is 18.8. The molecule has 0 bridgehead atoms. The Morgan fingerprint density at radius 2 is 1.43 bits per heavy atom. The summed E-state index contributed by atoms with van der Waals surface area (Å²) in [4.78, 5) is 95.3. The molecule has 99 heavy (non-hydrogen) atoms. The van der Waals surface area contributed by atoms with E-state index in [4.69, 9.17) is 39.5 Å². The molecule has 7 aromatic rings. The van der Waals surface area contributed by atoms with E-state index in [0.29, 0.717) is 161 Å². The molecule has 2 saturated heterocycles. The smallest absolute Gasteiger partial charge is 0.325 e. The second-order valence-electron chi connectivity index (χ2n) is 24.8. The van der Waals surface area contributed by atoms with Gasteiger partial charge in [-0.25, -0.2) is 32.2 Å². The normalized spacial score (nSPS) is 14.7. The number of anilines is 2. The van der Waals surface area contributed by atoms with Gasteiger partial charge in [0.1, 0.15) is 18.9 Å². The van der Waals surface area contributed by atoms with E-state index in [1.54, 1.807) is 64.8 Å². The minimum Gasteiger partial charge on any atom is -0.468 e. The summed E-state index contributed by atoms with van der Waals surface area (Å²) < 4.78 is 95.4. The van der Waals surface area contributed by atoms with Crippen molar-refractivity contribution >= 4 is 90.3 Å². The first kappa shape index (κ1) is 73.1. The highest BCUT2D eigenvalue weighted by atomic mass is 32.2. The molecule has 3 aliphatic rings. The SMILES string of the molecule is CCCS(=O)(=O)Nc1cccc(-c2nc(C3CCN(C(=O)CCOCCOCCOCCOCCOCCNC(=O)CCC(=O)N4CC5(CC(c6nn(CC(=O)N(C)CC(=O)NCC(=O)OC)c7cccc(-c8cc9c(cnn9C)cc8F)c67)C5)C4)CC3)sc2-c2ccnc(N)n2)c1F. The van der Waals surface area contributed by atoms with Crippen molar-refractivity contribution in [3.63, 3.8) is 0 Å². The van der Waals surface area contributed by atoms with Crippen LogP contribution in [0.2, 0.25) is 0 Å². The van der Waals surface area contributed by atoms with Crippen LogP contribution in [0.5, 0.6) is 0 Å². The highest BCUT2D eigenvalue weighted by Gasteiger charge is 2.55. The van der Waals surface area contributed by atoms with Crippen molar-refractivity contribution in [3.05, 3.63) is 89.3 Å². The molecule has 0 atom stereocenters. The van der Waals surface area contributed by atoms with Crippen LogP contribution in [-0.2, 0) is 80.8 Å². The second-order valence-corrected chi connectivity index (χ2v) is 27.7. The Hall–Kier alpha value is -8.66. The number of benzene rings is 3. The van der Waals surface area contributed by atoms with Gasteiger partial charge >= 0.3 is 5.97 Å². The zero-order valence-electron chi connectivity index (χ0n) is 55.9. The summed E-state index contributed by atoms with van der Waals surface area (Å²) in [7, 11) is 0.711. The van der Waals surface area contributed by atoms with E-state index in [1.807, 2.05) is 17.0 Å². The number of hydrogen-bond donors (Lipinski definition) is 4. The number of methoxy groups -OCH3 is 1. The third-order valence-corrected chi connectivity index (χ3v) is 20.4. The maximum atomic E-state index is 16.1. The lowest BCUT2D eigenvalue weighted by Gasteiger charge is -2.59. The molecule has 0 unspecified atom stereocenters. The standard InChI is InChI=1S/C67H84F2N14O14S2/c1-5-32-99(90,91)78-50-10-6-9-47(61(50)69)63-64(51-14-18-72-66(70)75-51)98-65(76-63)43-15-20-81(21-16-43)57(87)17-22-93-24-26-95-28-30-97-31-29-96-27-25-94-23-19-71-54(84)12-13-56(86)82-41-67(42-82)35-45(36-67)62-60-46(48-34-53-44(33-49(48)68)37-74-80(53)3)8-7-11-52(60)83(77-62)40-58(88)79(2)39-55(85)73-38-59(89)92-4/h6-11,14,18,33-34,37,43,45,78H,5,12-13,15-17,19-32,35-36,38-42H2,1-4H3,(H,71,84)(H,73,85)(H2,70,72,75). The van der Waals surface area contributed by atoms with Gasteiger partial charge in [-0.05, 0) is 74.1 Å². The number of piperidine rings is 1. The van der Waals surface area contributed by atoms with E-state index < -0.39 is 39.4 Å². The zero-order chi connectivity index (χ0) is 70.2. The van der Waals surface area contributed by atoms with Gasteiger partial charge in [0.15, 0.2) is 5.82 Å². The van der Waals surface area contributed by atoms with E-state index >= 15 is 8.78 Å². The van der Waals surface area contributed by atoms with E-state index in [-0.39, 0.29) is 117 Å². The van der Waals surface area contributed by atoms with Crippen LogP contribution < -0.4 is 21.1 Å². The number of rotatable bonds is 36. The van der Waals surface area contributed by atoms with E-state index in [2.05, 4.69) is 35.2 Å². The first-order valence-corrected chi connectivity index (χ1v) is 35.5. The van der Waals surface area contributed by atoms with Gasteiger partial charge in [-0.1, -0.05) is 25.1 Å². The number of fused-ring (bicyclic) bond motifs is 2. The number of likely N-dealkylation sites (tertiary alicyclic amines) is 2. The minimum atomic E-state index is -3.76. The van der Waals surface area contributed by atoms with E-state index in [1.165, 1.54) is 48.7 Å². The van der Waals surface area contributed by atoms with Crippen molar-refractivity contribution in [2.24, 2.45) is 12.5 Å². The van der Waals surface area contributed by atoms with Gasteiger partial charge in [0.2, 0.25) is 45.5 Å². The van der Waals surface area contributed by atoms with Crippen LogP contribution in [0.3, 0.4) is 0 Å². The van der Waals surface area contributed by atoms with Crippen molar-refractivity contribution in [3.8, 4) is 33.0 Å². The van der Waals surface area contributed by atoms with Gasteiger partial charge in [0.05, 0.1) is 142 Å². The number of nitrogens with zero attached hydrogens (tertiary/aromatic N) is 10. The number of nitrogens with one attached hydrogen (secondary N) is 3. The second kappa shape index (κ2) is 33.9. The summed E-state index contributed by atoms with van der Waals surface area (Å²) in [5.41, 5.74) is 9.52. The monoisotopic (exact) mass is 1410 g/mol. The predicted molar refractivity (Wildman–Crippen MR) is 363 cm³/mol. The zero-order valence-corrected chi connectivity index (χ0v) is 57.6. The largest absolute Gasteiger partial charge is 0.468 e. The lowest BCUT2D eigenvalue weighted by atomic mass is 9.56. The van der Waals surface area contributed by atoms with Crippen LogP contribution in [0, 0.1) is 17.0 Å². The molecule has 1 spiro atoms. The molecule has 4 aromatic heterocycles. The Balaban J connectivity index is 0.552. The van der Waals surface area contributed by atoms with Gasteiger partial charge in [0.25, 0.3) is 0 Å². The van der Waals surface area contributed by atoms with Gasteiger partial charge in [-0.2, -0.15) is 10.2 Å². The number of amides is 5. The first-order chi connectivity index (χ1) is 47.7. The predicted octanol–water partition coefficient (Wildman–Crippen LogP) is 5.41. The molecule has 28 nitrogen and oxygen atoms in total. The maximum Gasteiger partial charge on any atom is 0.325 e. The van der Waals surface area contributed by atoms with Crippen LogP contribution in [-0.4, -0.2) is 225 Å². The highest BCUT2D eigenvalue weighted by Crippen LogP contribution is 2.57. The molecule has 3 aromatic carbocycles. The van der Waals surface area contributed by atoms with Gasteiger partial charge in [0, 0.05) is 105 Å². The molecule has 0 radical (unpaired) electrons. The van der Waals surface area contributed by atoms with Gasteiger partial charge < -0.3 is 59.5 Å². The Morgan fingerprint density at radius 3 is 2.12 bits per heavy atom. The number of aromatic nitrogens is 7. The molecule has 5 N–H and O–H groups in total. The number of carbonyl (C=O) groups is 6. The molecule has 1 aliphatic carbocycles. The van der Waals surface area contributed by atoms with Crippen LogP contribution in [0.1, 0.15) is 80.8 Å². The van der Waals surface area contributed by atoms with Gasteiger partial charge in [-0.3, -0.25) is 42.9 Å². The summed E-state index contributed by atoms with van der Waals surface area (Å²) in [6, 6.07) is 14.8. The molecule has 32 heteroatoms. The molecular formula is C67H84F2N14O14S2. The first-order valence-electron chi connectivity index (χ1n) is 33.0. The number of esters is 1. The number of sulfonamides is 1. The lowest BCUT2D eigenvalue weighted by Crippen LogP contribution is -2.63. The highest BCUT2D eigenvalue weighted by molar-refractivity contribution is 7.92. The van der Waals surface area contributed by atoms with Crippen molar-refractivity contribution in [2.75, 3.05) is 142 Å². The molecule has 6 heterocycles. The van der Waals surface area contributed by atoms with Crippen LogP contribution in [0.4, 0.5) is 20.4 Å².